The van der Waals surface area contributed by atoms with E-state index >= 15 is 0 Å². The molecule has 0 aliphatic rings. The van der Waals surface area contributed by atoms with Crippen LogP contribution < -0.4 is 10.1 Å². The molecule has 0 aliphatic carbocycles. The highest BCUT2D eigenvalue weighted by molar-refractivity contribution is 7.22. The number of ether oxygens (including phenoxy) is 1. The zero-order chi connectivity index (χ0) is 24.4. The van der Waals surface area contributed by atoms with E-state index in [-0.39, 0.29) is 0 Å². The lowest BCUT2D eigenvalue weighted by molar-refractivity contribution is 0.457. The first kappa shape index (κ1) is 29.0. The van der Waals surface area contributed by atoms with Crippen LogP contribution in [0.5, 0.6) is 11.6 Å². The molecule has 0 saturated heterocycles. The smallest absolute Gasteiger partial charge is 0.225 e. The Morgan fingerprint density at radius 3 is 2.03 bits per heavy atom. The highest BCUT2D eigenvalue weighted by Crippen LogP contribution is 2.29. The summed E-state index contributed by atoms with van der Waals surface area (Å²) in [5.74, 6) is 1.29. The van der Waals surface area contributed by atoms with Gasteiger partial charge in [0, 0.05) is 17.4 Å². The second-order valence-electron chi connectivity index (χ2n) is 5.25. The van der Waals surface area contributed by atoms with Crippen molar-refractivity contribution in [2.45, 2.75) is 62.3 Å². The molecule has 2 heterocycles. The van der Waals surface area contributed by atoms with E-state index in [9.17, 15) is 0 Å². The molecule has 2 aromatic heterocycles. The number of nitrogens with zero attached hydrogens (tertiary/aromatic N) is 3. The van der Waals surface area contributed by atoms with Gasteiger partial charge in [-0.05, 0) is 43.3 Å². The minimum Gasteiger partial charge on any atom is -0.439 e. The molecule has 0 saturated carbocycles. The third kappa shape index (κ3) is 9.02. The van der Waals surface area contributed by atoms with Crippen molar-refractivity contribution in [2.24, 2.45) is 0 Å². The fraction of sp³-hybridized carbons (Fsp3) is 0.346. The van der Waals surface area contributed by atoms with Gasteiger partial charge in [0.05, 0.1) is 10.2 Å². The van der Waals surface area contributed by atoms with Crippen LogP contribution in [0.3, 0.4) is 0 Å². The van der Waals surface area contributed by atoms with Gasteiger partial charge in [0.25, 0.3) is 0 Å². The summed E-state index contributed by atoms with van der Waals surface area (Å²) in [7, 11) is 0. The van der Waals surface area contributed by atoms with Gasteiger partial charge in [-0.2, -0.15) is 0 Å². The Morgan fingerprint density at radius 2 is 1.44 bits per heavy atom. The Kier molecular flexibility index (Phi) is 16.0. The second-order valence-corrected chi connectivity index (χ2v) is 6.28. The molecule has 174 valence electrons. The SMILES string of the molecule is CC.CC.CC.CC.Cc1cncnc1Oc1ccc(Nc2nc3ccccc3s2)cc1. The van der Waals surface area contributed by atoms with E-state index in [1.165, 1.54) is 11.0 Å². The molecule has 4 rings (SSSR count). The maximum absolute atomic E-state index is 5.77. The first-order valence-corrected chi connectivity index (χ1v) is 12.3. The average Bonchev–Trinajstić information content (AvgIpc) is 3.29. The van der Waals surface area contributed by atoms with Crippen molar-refractivity contribution in [3.8, 4) is 11.6 Å². The number of anilines is 2. The molecule has 1 N–H and O–H groups in total. The number of rotatable bonds is 4. The topological polar surface area (TPSA) is 59.9 Å². The molecular weight excluding hydrogens is 416 g/mol. The largest absolute Gasteiger partial charge is 0.439 e. The van der Waals surface area contributed by atoms with Crippen molar-refractivity contribution in [1.29, 1.82) is 0 Å². The number of hydrogen-bond donors (Lipinski definition) is 1. The van der Waals surface area contributed by atoms with E-state index in [0.29, 0.717) is 5.88 Å². The number of hydrogen-bond acceptors (Lipinski definition) is 6. The molecule has 6 heteroatoms. The zero-order valence-electron chi connectivity index (χ0n) is 20.9. The molecule has 5 nitrogen and oxygen atoms in total. The van der Waals surface area contributed by atoms with Crippen molar-refractivity contribution >= 4 is 32.4 Å². The van der Waals surface area contributed by atoms with Crippen molar-refractivity contribution < 1.29 is 4.74 Å². The molecule has 0 aliphatic heterocycles. The number of benzene rings is 2. The highest BCUT2D eigenvalue weighted by Gasteiger charge is 2.05. The van der Waals surface area contributed by atoms with Crippen LogP contribution in [0.25, 0.3) is 10.2 Å². The van der Waals surface area contributed by atoms with Crippen molar-refractivity contribution in [3.05, 3.63) is 66.6 Å². The van der Waals surface area contributed by atoms with Crippen LogP contribution in [0, 0.1) is 6.92 Å². The maximum atomic E-state index is 5.77. The third-order valence-corrected chi connectivity index (χ3v) is 4.41. The van der Waals surface area contributed by atoms with Crippen LogP contribution in [0.4, 0.5) is 10.8 Å². The van der Waals surface area contributed by atoms with Crippen LogP contribution in [0.1, 0.15) is 61.0 Å². The van der Waals surface area contributed by atoms with Gasteiger partial charge in [-0.1, -0.05) is 78.9 Å². The van der Waals surface area contributed by atoms with Crippen LogP contribution in [-0.4, -0.2) is 15.0 Å². The maximum Gasteiger partial charge on any atom is 0.225 e. The lowest BCUT2D eigenvalue weighted by atomic mass is 10.3. The molecule has 0 unspecified atom stereocenters. The van der Waals surface area contributed by atoms with Crippen LogP contribution in [0.15, 0.2) is 61.1 Å². The predicted octanol–water partition coefficient (Wildman–Crippen LogP) is 9.04. The quantitative estimate of drug-likeness (QED) is 0.333. The van der Waals surface area contributed by atoms with Gasteiger partial charge in [0.2, 0.25) is 5.88 Å². The van der Waals surface area contributed by atoms with Crippen LogP contribution in [0.2, 0.25) is 0 Å². The first-order valence-electron chi connectivity index (χ1n) is 11.4. The number of fused-ring (bicyclic) bond motifs is 1. The fourth-order valence-corrected chi connectivity index (χ4v) is 3.15. The number of aryl methyl sites for hydroxylation is 1. The molecule has 0 atom stereocenters. The number of thiazole rings is 1. The van der Waals surface area contributed by atoms with Gasteiger partial charge in [0.15, 0.2) is 5.13 Å². The summed E-state index contributed by atoms with van der Waals surface area (Å²) in [5.41, 5.74) is 2.86. The van der Waals surface area contributed by atoms with E-state index in [4.69, 9.17) is 4.74 Å². The zero-order valence-corrected chi connectivity index (χ0v) is 21.7. The molecule has 4 aromatic rings. The summed E-state index contributed by atoms with van der Waals surface area (Å²) >= 11 is 1.63. The van der Waals surface area contributed by atoms with E-state index in [1.54, 1.807) is 17.5 Å². The normalized spacial score (nSPS) is 8.78. The first-order chi connectivity index (χ1) is 15.8. The van der Waals surface area contributed by atoms with Crippen molar-refractivity contribution in [1.82, 2.24) is 15.0 Å². The standard InChI is InChI=1S/C18H14N4OS.4C2H6/c1-12-10-19-11-20-17(12)23-14-8-6-13(7-9-14)21-18-22-15-4-2-3-5-16(15)24-18;4*1-2/h2-11H,1H3,(H,21,22);4*1-2H3. The number of nitrogens with one attached hydrogen (secondary N) is 1. The van der Waals surface area contributed by atoms with Gasteiger partial charge in [-0.3, -0.25) is 0 Å². The van der Waals surface area contributed by atoms with Gasteiger partial charge in [-0.15, -0.1) is 0 Å². The second kappa shape index (κ2) is 17.7. The minimum absolute atomic E-state index is 0.567. The summed E-state index contributed by atoms with van der Waals surface area (Å²) in [5, 5.41) is 4.19. The third-order valence-electron chi connectivity index (χ3n) is 3.46. The highest BCUT2D eigenvalue weighted by atomic mass is 32.1. The van der Waals surface area contributed by atoms with E-state index in [1.807, 2.05) is 105 Å². The molecule has 0 amide bonds. The molecule has 0 spiro atoms. The summed E-state index contributed by atoms with van der Waals surface area (Å²) in [4.78, 5) is 12.7. The molecule has 2 aromatic carbocycles. The molecular formula is C26H38N4OS. The Hall–Kier alpha value is -2.99. The molecule has 0 radical (unpaired) electrons. The van der Waals surface area contributed by atoms with Crippen LogP contribution in [-0.2, 0) is 0 Å². The Bertz CT molecular complexity index is 951. The average molecular weight is 455 g/mol. The van der Waals surface area contributed by atoms with Crippen molar-refractivity contribution in [3.63, 3.8) is 0 Å². The number of aromatic nitrogens is 3. The van der Waals surface area contributed by atoms with Crippen LogP contribution >= 0.6 is 11.3 Å². The van der Waals surface area contributed by atoms with Crippen molar-refractivity contribution in [2.75, 3.05) is 5.32 Å². The van der Waals surface area contributed by atoms with E-state index in [0.717, 1.165) is 27.6 Å². The molecule has 0 bridgehead atoms. The summed E-state index contributed by atoms with van der Waals surface area (Å²) < 4.78 is 6.94. The lowest BCUT2D eigenvalue weighted by Crippen LogP contribution is -1.93. The predicted molar refractivity (Wildman–Crippen MR) is 142 cm³/mol. The van der Waals surface area contributed by atoms with E-state index < -0.39 is 0 Å². The van der Waals surface area contributed by atoms with Gasteiger partial charge < -0.3 is 10.1 Å². The summed E-state index contributed by atoms with van der Waals surface area (Å²) in [6.07, 6.45) is 3.21. The number of para-hydroxylation sites is 1. The van der Waals surface area contributed by atoms with Gasteiger partial charge in [0.1, 0.15) is 12.1 Å². The monoisotopic (exact) mass is 454 g/mol. The molecule has 0 fully saturated rings. The van der Waals surface area contributed by atoms with Gasteiger partial charge >= 0.3 is 0 Å². The van der Waals surface area contributed by atoms with E-state index in [2.05, 4.69) is 26.3 Å². The lowest BCUT2D eigenvalue weighted by Gasteiger charge is -2.07. The minimum atomic E-state index is 0.567. The van der Waals surface area contributed by atoms with Gasteiger partial charge in [-0.25, -0.2) is 15.0 Å². The summed E-state index contributed by atoms with van der Waals surface area (Å²) in [6, 6.07) is 15.8. The Morgan fingerprint density at radius 1 is 0.812 bits per heavy atom. The Labute approximate surface area is 197 Å². The Balaban J connectivity index is 0.00000109. The summed E-state index contributed by atoms with van der Waals surface area (Å²) in [6.45, 7) is 17.9. The molecule has 32 heavy (non-hydrogen) atoms. The fourth-order valence-electron chi connectivity index (χ4n) is 2.26.